The van der Waals surface area contributed by atoms with E-state index in [-0.39, 0.29) is 5.91 Å². The van der Waals surface area contributed by atoms with E-state index >= 15 is 0 Å². The molecule has 1 fully saturated rings. The lowest BCUT2D eigenvalue weighted by molar-refractivity contribution is -0.115. The lowest BCUT2D eigenvalue weighted by Gasteiger charge is -2.34. The molecule has 1 aliphatic heterocycles. The zero-order valence-corrected chi connectivity index (χ0v) is 16.5. The number of benzene rings is 1. The number of amides is 1. The van der Waals surface area contributed by atoms with Gasteiger partial charge in [-0.1, -0.05) is 18.2 Å². The highest BCUT2D eigenvalue weighted by Gasteiger charge is 2.21. The van der Waals surface area contributed by atoms with E-state index in [1.807, 2.05) is 41.8 Å². The topological polar surface area (TPSA) is 65.5 Å². The molecule has 7 nitrogen and oxygen atoms in total. The Morgan fingerprint density at radius 2 is 1.79 bits per heavy atom. The lowest BCUT2D eigenvalue weighted by Crippen LogP contribution is -2.46. The van der Waals surface area contributed by atoms with E-state index in [0.717, 1.165) is 50.1 Å². The Morgan fingerprint density at radius 3 is 2.46 bits per heavy atom. The molecule has 0 unspecified atom stereocenters. The van der Waals surface area contributed by atoms with Gasteiger partial charge < -0.3 is 4.90 Å². The summed E-state index contributed by atoms with van der Waals surface area (Å²) < 4.78 is 0. The Balaban J connectivity index is 1.39. The first-order chi connectivity index (χ1) is 13.7. The van der Waals surface area contributed by atoms with Gasteiger partial charge in [-0.15, -0.1) is 11.3 Å². The summed E-state index contributed by atoms with van der Waals surface area (Å²) in [4.78, 5) is 31.8. The number of carbonyl (C=O) groups excluding carboxylic acids is 1. The molecule has 0 aliphatic carbocycles. The van der Waals surface area contributed by atoms with E-state index < -0.39 is 0 Å². The van der Waals surface area contributed by atoms with Gasteiger partial charge in [0.15, 0.2) is 5.13 Å². The molecule has 4 rings (SSSR count). The fourth-order valence-corrected chi connectivity index (χ4v) is 4.14. The first kappa shape index (κ1) is 18.5. The van der Waals surface area contributed by atoms with Crippen LogP contribution >= 0.6 is 11.3 Å². The van der Waals surface area contributed by atoms with Crippen LogP contribution in [0, 0.1) is 0 Å². The first-order valence-corrected chi connectivity index (χ1v) is 10.1. The van der Waals surface area contributed by atoms with Crippen LogP contribution in [0.5, 0.6) is 0 Å². The summed E-state index contributed by atoms with van der Waals surface area (Å²) in [5.41, 5.74) is 1.83. The number of hydrogen-bond acceptors (Lipinski definition) is 7. The number of thiazole rings is 1. The molecule has 0 spiro atoms. The summed E-state index contributed by atoms with van der Waals surface area (Å²) in [5, 5.41) is 2.76. The molecule has 3 heterocycles. The number of anilines is 3. The summed E-state index contributed by atoms with van der Waals surface area (Å²) in [6.07, 6.45) is 3.55. The standard InChI is InChI=1S/C20H22N6OS/c1-16(27)26(18-6-3-2-4-7-18)20-23-17(15-28-20)14-24-10-12-25(13-11-24)19-21-8-5-9-22-19/h2-9,15H,10-14H2,1H3. The van der Waals surface area contributed by atoms with E-state index in [9.17, 15) is 4.79 Å². The van der Waals surface area contributed by atoms with Gasteiger partial charge in [-0.25, -0.2) is 15.0 Å². The molecule has 1 aromatic carbocycles. The molecule has 3 aromatic rings. The normalized spacial score (nSPS) is 14.8. The average Bonchev–Trinajstić information content (AvgIpc) is 3.17. The van der Waals surface area contributed by atoms with Crippen LogP contribution in [0.15, 0.2) is 54.2 Å². The minimum atomic E-state index is -0.0384. The van der Waals surface area contributed by atoms with Gasteiger partial charge in [0.2, 0.25) is 11.9 Å². The SMILES string of the molecule is CC(=O)N(c1ccccc1)c1nc(CN2CCN(c3ncccn3)CC2)cs1. The van der Waals surface area contributed by atoms with E-state index in [1.54, 1.807) is 24.2 Å². The predicted molar refractivity (Wildman–Crippen MR) is 111 cm³/mol. The molecular formula is C20H22N6OS. The molecule has 144 valence electrons. The van der Waals surface area contributed by atoms with E-state index in [1.165, 1.54) is 11.3 Å². The summed E-state index contributed by atoms with van der Waals surface area (Å²) in [7, 11) is 0. The van der Waals surface area contributed by atoms with Crippen molar-refractivity contribution in [3.8, 4) is 0 Å². The van der Waals surface area contributed by atoms with Gasteiger partial charge in [0.1, 0.15) is 0 Å². The minimum Gasteiger partial charge on any atom is -0.338 e. The third-order valence-electron chi connectivity index (χ3n) is 4.65. The summed E-state index contributed by atoms with van der Waals surface area (Å²) >= 11 is 1.50. The van der Waals surface area contributed by atoms with Crippen molar-refractivity contribution >= 4 is 34.0 Å². The maximum Gasteiger partial charge on any atom is 0.230 e. The number of para-hydroxylation sites is 1. The third-order valence-corrected chi connectivity index (χ3v) is 5.53. The molecule has 2 aromatic heterocycles. The monoisotopic (exact) mass is 394 g/mol. The Labute approximate surface area is 168 Å². The number of nitrogens with zero attached hydrogens (tertiary/aromatic N) is 6. The summed E-state index contributed by atoms with van der Waals surface area (Å²) in [6, 6.07) is 11.5. The molecule has 0 radical (unpaired) electrons. The number of carbonyl (C=O) groups is 1. The third kappa shape index (κ3) is 4.18. The number of rotatable bonds is 5. The van der Waals surface area contributed by atoms with Crippen molar-refractivity contribution < 1.29 is 4.79 Å². The Morgan fingerprint density at radius 1 is 1.07 bits per heavy atom. The van der Waals surface area contributed by atoms with Gasteiger partial charge in [0, 0.05) is 57.4 Å². The summed E-state index contributed by atoms with van der Waals surface area (Å²) in [5.74, 6) is 0.752. The van der Waals surface area contributed by atoms with Crippen LogP contribution in [-0.2, 0) is 11.3 Å². The average molecular weight is 395 g/mol. The van der Waals surface area contributed by atoms with Crippen LogP contribution in [0.4, 0.5) is 16.8 Å². The van der Waals surface area contributed by atoms with Crippen molar-refractivity contribution in [1.29, 1.82) is 0 Å². The van der Waals surface area contributed by atoms with Crippen LogP contribution in [0.3, 0.4) is 0 Å². The van der Waals surface area contributed by atoms with Crippen molar-refractivity contribution in [3.63, 3.8) is 0 Å². The van der Waals surface area contributed by atoms with Crippen LogP contribution in [0.2, 0.25) is 0 Å². The minimum absolute atomic E-state index is 0.0384. The van der Waals surface area contributed by atoms with Crippen LogP contribution < -0.4 is 9.80 Å². The smallest absolute Gasteiger partial charge is 0.230 e. The van der Waals surface area contributed by atoms with Gasteiger partial charge in [0.25, 0.3) is 0 Å². The largest absolute Gasteiger partial charge is 0.338 e. The molecule has 1 saturated heterocycles. The highest BCUT2D eigenvalue weighted by Crippen LogP contribution is 2.29. The van der Waals surface area contributed by atoms with Gasteiger partial charge >= 0.3 is 0 Å². The Hall–Kier alpha value is -2.84. The fourth-order valence-electron chi connectivity index (χ4n) is 3.27. The van der Waals surface area contributed by atoms with Crippen molar-refractivity contribution in [2.75, 3.05) is 36.0 Å². The predicted octanol–water partition coefficient (Wildman–Crippen LogP) is 2.94. The molecule has 0 atom stereocenters. The van der Waals surface area contributed by atoms with Crippen molar-refractivity contribution in [2.45, 2.75) is 13.5 Å². The molecule has 0 N–H and O–H groups in total. The molecule has 0 bridgehead atoms. The van der Waals surface area contributed by atoms with Crippen molar-refractivity contribution in [1.82, 2.24) is 19.9 Å². The van der Waals surface area contributed by atoms with Gasteiger partial charge in [-0.05, 0) is 18.2 Å². The second-order valence-corrected chi connectivity index (χ2v) is 7.46. The molecule has 1 amide bonds. The second kappa shape index (κ2) is 8.45. The fraction of sp³-hybridized carbons (Fsp3) is 0.300. The molecule has 28 heavy (non-hydrogen) atoms. The zero-order chi connectivity index (χ0) is 19.3. The summed E-state index contributed by atoms with van der Waals surface area (Å²) in [6.45, 7) is 6.00. The second-order valence-electron chi connectivity index (χ2n) is 6.62. The quantitative estimate of drug-likeness (QED) is 0.663. The highest BCUT2D eigenvalue weighted by molar-refractivity contribution is 7.14. The van der Waals surface area contributed by atoms with Gasteiger partial charge in [-0.2, -0.15) is 0 Å². The maximum atomic E-state index is 12.2. The molecular weight excluding hydrogens is 372 g/mol. The van der Waals surface area contributed by atoms with E-state index in [0.29, 0.717) is 5.13 Å². The van der Waals surface area contributed by atoms with Gasteiger partial charge in [-0.3, -0.25) is 14.6 Å². The number of aromatic nitrogens is 3. The zero-order valence-electron chi connectivity index (χ0n) is 15.7. The van der Waals surface area contributed by atoms with Crippen LogP contribution in [0.1, 0.15) is 12.6 Å². The lowest BCUT2D eigenvalue weighted by atomic mass is 10.3. The van der Waals surface area contributed by atoms with Crippen molar-refractivity contribution in [2.24, 2.45) is 0 Å². The molecule has 1 aliphatic rings. The van der Waals surface area contributed by atoms with Crippen LogP contribution in [0.25, 0.3) is 0 Å². The van der Waals surface area contributed by atoms with Crippen LogP contribution in [-0.4, -0.2) is 51.9 Å². The number of piperazine rings is 1. The van der Waals surface area contributed by atoms with E-state index in [4.69, 9.17) is 4.98 Å². The molecule has 0 saturated carbocycles. The Kier molecular flexibility index (Phi) is 5.59. The number of hydrogen-bond donors (Lipinski definition) is 0. The Bertz CT molecular complexity index is 909. The maximum absolute atomic E-state index is 12.2. The molecule has 8 heteroatoms. The van der Waals surface area contributed by atoms with Gasteiger partial charge in [0.05, 0.1) is 11.4 Å². The first-order valence-electron chi connectivity index (χ1n) is 9.25. The van der Waals surface area contributed by atoms with E-state index in [2.05, 4.69) is 19.8 Å². The highest BCUT2D eigenvalue weighted by atomic mass is 32.1. The van der Waals surface area contributed by atoms with Crippen molar-refractivity contribution in [3.05, 3.63) is 59.9 Å².